The number of aryl methyl sites for hydroxylation is 3. The zero-order valence-electron chi connectivity index (χ0n) is 15.3. The average molecular weight is 375 g/mol. The molecular formula is C22H22N4S. The van der Waals surface area contributed by atoms with Gasteiger partial charge in [-0.2, -0.15) is 0 Å². The molecule has 1 aliphatic rings. The van der Waals surface area contributed by atoms with E-state index in [2.05, 4.69) is 52.5 Å². The number of aromatic amines is 1. The molecule has 0 amide bonds. The first-order valence-corrected chi connectivity index (χ1v) is 10.3. The Kier molecular flexibility index (Phi) is 4.17. The third kappa shape index (κ3) is 3.02. The smallest absolute Gasteiger partial charge is 0.183 e. The topological polar surface area (TPSA) is 53.6 Å². The standard InChI is InChI=1S/C22H22N4S/c1-14-20(15-8-2-3-9-16(15)24-14)21(18-11-6-7-13-23-18)26-22-25-17-10-4-5-12-19(17)27-22/h2-3,6-9,11,13,21,24H,4-5,10,12H2,1H3,(H,25,26). The first-order chi connectivity index (χ1) is 13.3. The molecule has 3 aromatic heterocycles. The van der Waals surface area contributed by atoms with Crippen molar-refractivity contribution in [1.29, 1.82) is 0 Å². The molecule has 27 heavy (non-hydrogen) atoms. The molecule has 3 heterocycles. The maximum absolute atomic E-state index is 4.91. The Morgan fingerprint density at radius 2 is 1.93 bits per heavy atom. The van der Waals surface area contributed by atoms with E-state index >= 15 is 0 Å². The van der Waals surface area contributed by atoms with Crippen molar-refractivity contribution >= 4 is 27.4 Å². The maximum atomic E-state index is 4.91. The number of pyridine rings is 1. The highest BCUT2D eigenvalue weighted by atomic mass is 32.1. The lowest BCUT2D eigenvalue weighted by molar-refractivity contribution is 0.682. The van der Waals surface area contributed by atoms with Crippen molar-refractivity contribution in [3.8, 4) is 0 Å². The molecule has 136 valence electrons. The number of anilines is 1. The Morgan fingerprint density at radius 1 is 1.07 bits per heavy atom. The molecule has 0 spiro atoms. The maximum Gasteiger partial charge on any atom is 0.183 e. The largest absolute Gasteiger partial charge is 0.358 e. The van der Waals surface area contributed by atoms with Crippen molar-refractivity contribution in [3.05, 3.63) is 76.2 Å². The second kappa shape index (κ2) is 6.82. The normalized spacial score (nSPS) is 14.9. The van der Waals surface area contributed by atoms with Gasteiger partial charge >= 0.3 is 0 Å². The van der Waals surface area contributed by atoms with Crippen molar-refractivity contribution in [1.82, 2.24) is 15.0 Å². The van der Waals surface area contributed by atoms with Crippen LogP contribution in [0.25, 0.3) is 10.9 Å². The molecule has 4 nitrogen and oxygen atoms in total. The van der Waals surface area contributed by atoms with E-state index in [-0.39, 0.29) is 6.04 Å². The summed E-state index contributed by atoms with van der Waals surface area (Å²) >= 11 is 1.81. The van der Waals surface area contributed by atoms with Crippen LogP contribution < -0.4 is 5.32 Å². The highest BCUT2D eigenvalue weighted by Gasteiger charge is 2.24. The van der Waals surface area contributed by atoms with Gasteiger partial charge in [-0.15, -0.1) is 11.3 Å². The summed E-state index contributed by atoms with van der Waals surface area (Å²) in [7, 11) is 0. The first-order valence-electron chi connectivity index (χ1n) is 9.53. The van der Waals surface area contributed by atoms with Crippen molar-refractivity contribution in [3.63, 3.8) is 0 Å². The van der Waals surface area contributed by atoms with Gasteiger partial charge in [-0.1, -0.05) is 24.3 Å². The minimum Gasteiger partial charge on any atom is -0.358 e. The third-order valence-electron chi connectivity index (χ3n) is 5.33. The Balaban J connectivity index is 1.61. The van der Waals surface area contributed by atoms with Crippen molar-refractivity contribution in [2.75, 3.05) is 5.32 Å². The number of nitrogens with one attached hydrogen (secondary N) is 2. The number of hydrogen-bond donors (Lipinski definition) is 2. The van der Waals surface area contributed by atoms with Crippen LogP contribution in [0.5, 0.6) is 0 Å². The van der Waals surface area contributed by atoms with E-state index in [4.69, 9.17) is 4.98 Å². The second-order valence-electron chi connectivity index (χ2n) is 7.14. The summed E-state index contributed by atoms with van der Waals surface area (Å²) in [5.41, 5.74) is 5.87. The minimum absolute atomic E-state index is 0.0325. The van der Waals surface area contributed by atoms with Gasteiger partial charge in [0.2, 0.25) is 0 Å². The minimum atomic E-state index is -0.0325. The van der Waals surface area contributed by atoms with E-state index in [1.54, 1.807) is 11.3 Å². The molecule has 1 unspecified atom stereocenters. The number of para-hydroxylation sites is 1. The lowest BCUT2D eigenvalue weighted by Gasteiger charge is -2.19. The van der Waals surface area contributed by atoms with Gasteiger partial charge in [0.25, 0.3) is 0 Å². The van der Waals surface area contributed by atoms with Gasteiger partial charge in [0, 0.05) is 33.2 Å². The highest BCUT2D eigenvalue weighted by molar-refractivity contribution is 7.15. The second-order valence-corrected chi connectivity index (χ2v) is 8.22. The van der Waals surface area contributed by atoms with Crippen LogP contribution in [0.4, 0.5) is 5.13 Å². The van der Waals surface area contributed by atoms with E-state index in [0.29, 0.717) is 0 Å². The zero-order chi connectivity index (χ0) is 18.2. The SMILES string of the molecule is Cc1[nH]c2ccccc2c1C(Nc1nc2c(s1)CCCC2)c1ccccn1. The number of H-pyrrole nitrogens is 1. The summed E-state index contributed by atoms with van der Waals surface area (Å²) in [6.07, 6.45) is 6.66. The van der Waals surface area contributed by atoms with Gasteiger partial charge in [0.1, 0.15) is 0 Å². The van der Waals surface area contributed by atoms with E-state index in [0.717, 1.165) is 29.2 Å². The number of nitrogens with zero attached hydrogens (tertiary/aromatic N) is 2. The van der Waals surface area contributed by atoms with Crippen molar-refractivity contribution in [2.24, 2.45) is 0 Å². The number of benzene rings is 1. The van der Waals surface area contributed by atoms with E-state index in [9.17, 15) is 0 Å². The number of thiazole rings is 1. The van der Waals surface area contributed by atoms with Crippen LogP contribution in [0.1, 0.15) is 46.4 Å². The number of aromatic nitrogens is 3. The molecule has 0 fully saturated rings. The van der Waals surface area contributed by atoms with Crippen molar-refractivity contribution < 1.29 is 0 Å². The average Bonchev–Trinajstić information content (AvgIpc) is 3.26. The molecule has 0 aliphatic heterocycles. The van der Waals surface area contributed by atoms with Crippen LogP contribution in [0, 0.1) is 6.92 Å². The summed E-state index contributed by atoms with van der Waals surface area (Å²) in [6.45, 7) is 2.14. The summed E-state index contributed by atoms with van der Waals surface area (Å²) in [5.74, 6) is 0. The number of fused-ring (bicyclic) bond motifs is 2. The third-order valence-corrected chi connectivity index (χ3v) is 6.42. The molecule has 5 heteroatoms. The number of hydrogen-bond acceptors (Lipinski definition) is 4. The Morgan fingerprint density at radius 3 is 2.78 bits per heavy atom. The van der Waals surface area contributed by atoms with Gasteiger partial charge in [-0.25, -0.2) is 4.98 Å². The molecule has 1 atom stereocenters. The predicted molar refractivity (Wildman–Crippen MR) is 111 cm³/mol. The monoisotopic (exact) mass is 374 g/mol. The summed E-state index contributed by atoms with van der Waals surface area (Å²) in [5, 5.41) is 5.95. The van der Waals surface area contributed by atoms with Gasteiger partial charge in [-0.3, -0.25) is 4.98 Å². The molecular weight excluding hydrogens is 352 g/mol. The number of rotatable bonds is 4. The van der Waals surface area contributed by atoms with Crippen LogP contribution in [0.3, 0.4) is 0 Å². The molecule has 0 saturated carbocycles. The summed E-state index contributed by atoms with van der Waals surface area (Å²) < 4.78 is 0. The van der Waals surface area contributed by atoms with Gasteiger partial charge in [-0.05, 0) is 50.8 Å². The van der Waals surface area contributed by atoms with E-state index < -0.39 is 0 Å². The van der Waals surface area contributed by atoms with Gasteiger partial charge in [0.05, 0.1) is 17.4 Å². The van der Waals surface area contributed by atoms with Crippen LogP contribution in [-0.4, -0.2) is 15.0 Å². The van der Waals surface area contributed by atoms with Gasteiger partial charge in [0.15, 0.2) is 5.13 Å². The van der Waals surface area contributed by atoms with E-state index in [1.165, 1.54) is 40.1 Å². The Labute approximate surface area is 162 Å². The fourth-order valence-corrected chi connectivity index (χ4v) is 5.13. The zero-order valence-corrected chi connectivity index (χ0v) is 16.1. The molecule has 1 aliphatic carbocycles. The quantitative estimate of drug-likeness (QED) is 0.502. The fraction of sp³-hybridized carbons (Fsp3) is 0.273. The van der Waals surface area contributed by atoms with Crippen molar-refractivity contribution in [2.45, 2.75) is 38.6 Å². The lowest BCUT2D eigenvalue weighted by atomic mass is 10.00. The summed E-state index contributed by atoms with van der Waals surface area (Å²) in [4.78, 5) is 14.5. The fourth-order valence-electron chi connectivity index (χ4n) is 4.05. The Hall–Kier alpha value is -2.66. The van der Waals surface area contributed by atoms with Gasteiger partial charge < -0.3 is 10.3 Å². The Bertz CT molecular complexity index is 1060. The van der Waals surface area contributed by atoms with E-state index in [1.807, 2.05) is 18.3 Å². The lowest BCUT2D eigenvalue weighted by Crippen LogP contribution is -2.14. The predicted octanol–water partition coefficient (Wildman–Crippen LogP) is 5.41. The molecule has 0 radical (unpaired) electrons. The summed E-state index contributed by atoms with van der Waals surface area (Å²) in [6, 6.07) is 14.5. The molecule has 1 aromatic carbocycles. The molecule has 0 bridgehead atoms. The van der Waals surface area contributed by atoms with Crippen LogP contribution in [0.15, 0.2) is 48.7 Å². The molecule has 0 saturated heterocycles. The highest BCUT2D eigenvalue weighted by Crippen LogP contribution is 2.36. The van der Waals surface area contributed by atoms with Crippen LogP contribution >= 0.6 is 11.3 Å². The first kappa shape index (κ1) is 16.5. The van der Waals surface area contributed by atoms with Crippen LogP contribution in [0.2, 0.25) is 0 Å². The van der Waals surface area contributed by atoms with Crippen LogP contribution in [-0.2, 0) is 12.8 Å². The molecule has 2 N–H and O–H groups in total. The molecule has 5 rings (SSSR count). The molecule has 4 aromatic rings.